The predicted octanol–water partition coefficient (Wildman–Crippen LogP) is 2.15. The molecule has 0 fully saturated rings. The number of amides is 1. The summed E-state index contributed by atoms with van der Waals surface area (Å²) in [5.41, 5.74) is 3.06. The molecular weight excluding hydrogens is 184 g/mol. The zero-order valence-electron chi connectivity index (χ0n) is 8.87. The van der Waals surface area contributed by atoms with Gasteiger partial charge in [0.05, 0.1) is 0 Å². The fourth-order valence-electron chi connectivity index (χ4n) is 0.868. The topological polar surface area (TPSA) is 32.3 Å². The molecule has 0 rings (SSSR count). The van der Waals surface area contributed by atoms with Gasteiger partial charge in [0.2, 0.25) is 0 Å². The van der Waals surface area contributed by atoms with E-state index in [1.54, 1.807) is 5.01 Å². The summed E-state index contributed by atoms with van der Waals surface area (Å²) >= 11 is 3.79. The monoisotopic (exact) mass is 204 g/mol. The third kappa shape index (κ3) is 6.90. The van der Waals surface area contributed by atoms with E-state index in [-0.39, 0.29) is 5.24 Å². The maximum absolute atomic E-state index is 11.0. The van der Waals surface area contributed by atoms with Crippen molar-refractivity contribution >= 4 is 17.9 Å². The molecule has 3 nitrogen and oxygen atoms in total. The van der Waals surface area contributed by atoms with Crippen molar-refractivity contribution in [3.63, 3.8) is 0 Å². The molecule has 0 bridgehead atoms. The van der Waals surface area contributed by atoms with Crippen molar-refractivity contribution in [1.82, 2.24) is 10.4 Å². The van der Waals surface area contributed by atoms with E-state index in [0.29, 0.717) is 18.4 Å². The molecule has 0 aromatic carbocycles. The van der Waals surface area contributed by atoms with Crippen LogP contribution < -0.4 is 5.43 Å². The first-order chi connectivity index (χ1) is 5.93. The zero-order valence-corrected chi connectivity index (χ0v) is 9.77. The van der Waals surface area contributed by atoms with E-state index >= 15 is 0 Å². The van der Waals surface area contributed by atoms with Crippen molar-refractivity contribution in [2.75, 3.05) is 13.1 Å². The Bertz CT molecular complexity index is 160. The van der Waals surface area contributed by atoms with Crippen molar-refractivity contribution in [1.29, 1.82) is 0 Å². The SMILES string of the molecule is CC(C)CNN(CC(C)C)C(=O)S. The molecule has 0 aromatic heterocycles. The molecule has 4 heteroatoms. The van der Waals surface area contributed by atoms with Gasteiger partial charge in [-0.1, -0.05) is 40.3 Å². The van der Waals surface area contributed by atoms with Gasteiger partial charge in [-0.15, -0.1) is 0 Å². The first kappa shape index (κ1) is 12.8. The molecule has 0 aromatic rings. The van der Waals surface area contributed by atoms with Crippen molar-refractivity contribution in [2.45, 2.75) is 27.7 Å². The molecule has 0 radical (unpaired) electrons. The molecule has 0 saturated carbocycles. The van der Waals surface area contributed by atoms with Crippen LogP contribution in [-0.2, 0) is 0 Å². The summed E-state index contributed by atoms with van der Waals surface area (Å²) < 4.78 is 0. The molecule has 1 N–H and O–H groups in total. The Morgan fingerprint density at radius 3 is 2.15 bits per heavy atom. The minimum atomic E-state index is -0.214. The third-order valence-electron chi connectivity index (χ3n) is 1.47. The van der Waals surface area contributed by atoms with Crippen LogP contribution in [0.1, 0.15) is 27.7 Å². The molecule has 0 heterocycles. The molecule has 0 aliphatic carbocycles. The molecule has 0 aliphatic heterocycles. The predicted molar refractivity (Wildman–Crippen MR) is 58.8 cm³/mol. The van der Waals surface area contributed by atoms with E-state index < -0.39 is 0 Å². The highest BCUT2D eigenvalue weighted by atomic mass is 32.1. The van der Waals surface area contributed by atoms with Crippen molar-refractivity contribution < 1.29 is 4.79 Å². The molecule has 1 amide bonds. The number of rotatable bonds is 5. The van der Waals surface area contributed by atoms with Crippen LogP contribution in [0.15, 0.2) is 0 Å². The lowest BCUT2D eigenvalue weighted by Gasteiger charge is -2.24. The summed E-state index contributed by atoms with van der Waals surface area (Å²) in [5, 5.41) is 1.35. The number of carbonyl (C=O) groups excluding carboxylic acids is 1. The lowest BCUT2D eigenvalue weighted by Crippen LogP contribution is -2.43. The van der Waals surface area contributed by atoms with Crippen LogP contribution >= 0.6 is 12.6 Å². The van der Waals surface area contributed by atoms with Crippen molar-refractivity contribution in [3.8, 4) is 0 Å². The normalized spacial score (nSPS) is 11.0. The molecular formula is C9H20N2OS. The van der Waals surface area contributed by atoms with E-state index in [2.05, 4.69) is 45.7 Å². The van der Waals surface area contributed by atoms with Gasteiger partial charge in [0.15, 0.2) is 0 Å². The largest absolute Gasteiger partial charge is 0.292 e. The second-order valence-electron chi connectivity index (χ2n) is 4.04. The summed E-state index contributed by atoms with van der Waals surface area (Å²) in [7, 11) is 0. The number of carbonyl (C=O) groups is 1. The van der Waals surface area contributed by atoms with Crippen LogP contribution in [0, 0.1) is 11.8 Å². The zero-order chi connectivity index (χ0) is 10.4. The fraction of sp³-hybridized carbons (Fsp3) is 0.889. The first-order valence-corrected chi connectivity index (χ1v) is 5.12. The summed E-state index contributed by atoms with van der Waals surface area (Å²) in [6.45, 7) is 9.85. The second kappa shape index (κ2) is 6.27. The van der Waals surface area contributed by atoms with Gasteiger partial charge in [0, 0.05) is 13.1 Å². The average Bonchev–Trinajstić information content (AvgIpc) is 1.96. The number of nitrogens with zero attached hydrogens (tertiary/aromatic N) is 1. The summed E-state index contributed by atoms with van der Waals surface area (Å²) in [4.78, 5) is 11.0. The maximum atomic E-state index is 11.0. The van der Waals surface area contributed by atoms with Gasteiger partial charge in [-0.2, -0.15) is 0 Å². The van der Waals surface area contributed by atoms with Crippen LogP contribution in [0.2, 0.25) is 0 Å². The standard InChI is InChI=1S/C9H20N2OS/c1-7(2)5-10-11(9(12)13)6-8(3)4/h7-8,10H,5-6H2,1-4H3,(H,12,13). The number of hydrogen-bond acceptors (Lipinski definition) is 2. The average molecular weight is 204 g/mol. The van der Waals surface area contributed by atoms with Gasteiger partial charge < -0.3 is 0 Å². The molecule has 13 heavy (non-hydrogen) atoms. The number of hydrogen-bond donors (Lipinski definition) is 2. The van der Waals surface area contributed by atoms with Gasteiger partial charge in [-0.05, 0) is 11.8 Å². The Morgan fingerprint density at radius 2 is 1.85 bits per heavy atom. The summed E-state index contributed by atoms with van der Waals surface area (Å²) in [5.74, 6) is 0.984. The van der Waals surface area contributed by atoms with Crippen molar-refractivity contribution in [2.24, 2.45) is 11.8 Å². The molecule has 0 atom stereocenters. The Labute approximate surface area is 86.3 Å². The van der Waals surface area contributed by atoms with Gasteiger partial charge in [0.1, 0.15) is 0 Å². The van der Waals surface area contributed by atoms with Gasteiger partial charge in [-0.25, -0.2) is 5.43 Å². The highest BCUT2D eigenvalue weighted by molar-refractivity contribution is 7.96. The molecule has 78 valence electrons. The Kier molecular flexibility index (Phi) is 6.16. The number of nitrogens with one attached hydrogen (secondary N) is 1. The molecule has 0 aliphatic rings. The maximum Gasteiger partial charge on any atom is 0.292 e. The van der Waals surface area contributed by atoms with Crippen molar-refractivity contribution in [3.05, 3.63) is 0 Å². The van der Waals surface area contributed by atoms with Crippen LogP contribution in [0.5, 0.6) is 0 Å². The summed E-state index contributed by atoms with van der Waals surface area (Å²) in [6.07, 6.45) is 0. The lowest BCUT2D eigenvalue weighted by molar-refractivity contribution is 0.180. The quantitative estimate of drug-likeness (QED) is 0.531. The van der Waals surface area contributed by atoms with E-state index in [1.807, 2.05) is 0 Å². The Balaban J connectivity index is 3.88. The van der Waals surface area contributed by atoms with Gasteiger partial charge in [-0.3, -0.25) is 9.80 Å². The van der Waals surface area contributed by atoms with Crippen LogP contribution in [0.25, 0.3) is 0 Å². The summed E-state index contributed by atoms with van der Waals surface area (Å²) in [6, 6.07) is 0. The van der Waals surface area contributed by atoms with Gasteiger partial charge >= 0.3 is 0 Å². The highest BCUT2D eigenvalue weighted by Gasteiger charge is 2.10. The van der Waals surface area contributed by atoms with Crippen LogP contribution in [0.3, 0.4) is 0 Å². The molecule has 0 spiro atoms. The molecule has 0 saturated heterocycles. The Hall–Kier alpha value is -0.220. The van der Waals surface area contributed by atoms with Gasteiger partial charge in [0.25, 0.3) is 5.24 Å². The second-order valence-corrected chi connectivity index (χ2v) is 4.43. The Morgan fingerprint density at radius 1 is 1.31 bits per heavy atom. The van der Waals surface area contributed by atoms with Crippen LogP contribution in [-0.4, -0.2) is 23.3 Å². The highest BCUT2D eigenvalue weighted by Crippen LogP contribution is 2.00. The van der Waals surface area contributed by atoms with E-state index in [1.165, 1.54) is 0 Å². The third-order valence-corrected chi connectivity index (χ3v) is 1.71. The molecule has 0 unspecified atom stereocenters. The first-order valence-electron chi connectivity index (χ1n) is 4.67. The minimum absolute atomic E-state index is 0.214. The lowest BCUT2D eigenvalue weighted by atomic mass is 10.2. The smallest absolute Gasteiger partial charge is 0.269 e. The van der Waals surface area contributed by atoms with E-state index in [0.717, 1.165) is 6.54 Å². The minimum Gasteiger partial charge on any atom is -0.269 e. The number of hydrazine groups is 1. The number of thiol groups is 1. The van der Waals surface area contributed by atoms with E-state index in [9.17, 15) is 4.79 Å². The van der Waals surface area contributed by atoms with E-state index in [4.69, 9.17) is 0 Å². The fourth-order valence-corrected chi connectivity index (χ4v) is 1.02. The van der Waals surface area contributed by atoms with Crippen LogP contribution in [0.4, 0.5) is 4.79 Å².